The number of pyridine rings is 1. The van der Waals surface area contributed by atoms with Gasteiger partial charge >= 0.3 is 0 Å². The van der Waals surface area contributed by atoms with Crippen LogP contribution in [0.4, 0.5) is 0 Å². The van der Waals surface area contributed by atoms with Crippen molar-refractivity contribution in [2.75, 3.05) is 0 Å². The second-order valence-corrected chi connectivity index (χ2v) is 6.27. The number of nitrogens with two attached hydrogens (primary N) is 1. The Bertz CT molecular complexity index is 920. The Kier molecular flexibility index (Phi) is 4.62. The number of fused-ring (bicyclic) bond motifs is 1. The van der Waals surface area contributed by atoms with Crippen LogP contribution in [0, 0.1) is 18.3 Å². The van der Waals surface area contributed by atoms with Gasteiger partial charge in [0.05, 0.1) is 17.7 Å². The highest BCUT2D eigenvalue weighted by atomic mass is 16.5. The number of aromatic nitrogens is 1. The molecule has 1 atom stereocenters. The maximum absolute atomic E-state index is 13.2. The Labute approximate surface area is 147 Å². The minimum atomic E-state index is -0.311. The molecule has 5 nitrogen and oxygen atoms in total. The Morgan fingerprint density at radius 3 is 2.68 bits per heavy atom. The first-order valence-electron chi connectivity index (χ1n) is 8.42. The maximum atomic E-state index is 13.2. The predicted molar refractivity (Wildman–Crippen MR) is 96.1 cm³/mol. The highest BCUT2D eigenvalue weighted by Crippen LogP contribution is 2.38. The third kappa shape index (κ3) is 3.03. The van der Waals surface area contributed by atoms with Crippen LogP contribution in [-0.4, -0.2) is 4.57 Å². The normalized spacial score (nSPS) is 16.1. The number of hydrogen-bond acceptors (Lipinski definition) is 4. The van der Waals surface area contributed by atoms with Crippen molar-refractivity contribution in [2.45, 2.75) is 39.2 Å². The zero-order valence-electron chi connectivity index (χ0n) is 14.5. The largest absolute Gasteiger partial charge is 0.440 e. The van der Waals surface area contributed by atoms with Crippen LogP contribution in [0.5, 0.6) is 5.75 Å². The van der Waals surface area contributed by atoms with E-state index in [-0.39, 0.29) is 17.4 Å². The van der Waals surface area contributed by atoms with Gasteiger partial charge in [0.25, 0.3) is 5.56 Å². The molecular weight excluding hydrogens is 314 g/mol. The lowest BCUT2D eigenvalue weighted by Crippen LogP contribution is -2.32. The van der Waals surface area contributed by atoms with E-state index in [0.29, 0.717) is 29.9 Å². The van der Waals surface area contributed by atoms with E-state index < -0.39 is 0 Å². The molecule has 1 unspecified atom stereocenters. The van der Waals surface area contributed by atoms with Crippen molar-refractivity contribution in [1.29, 1.82) is 5.26 Å². The summed E-state index contributed by atoms with van der Waals surface area (Å²) in [6.07, 6.45) is 1.53. The molecule has 1 aromatic carbocycles. The maximum Gasteiger partial charge on any atom is 0.258 e. The Balaban J connectivity index is 2.14. The van der Waals surface area contributed by atoms with E-state index in [0.717, 1.165) is 17.7 Å². The van der Waals surface area contributed by atoms with Crippen LogP contribution in [-0.2, 0) is 6.54 Å². The molecule has 2 aromatic rings. The summed E-state index contributed by atoms with van der Waals surface area (Å²) in [6, 6.07) is 13.8. The van der Waals surface area contributed by atoms with Gasteiger partial charge in [-0.15, -0.1) is 0 Å². The molecule has 0 spiro atoms. The summed E-state index contributed by atoms with van der Waals surface area (Å²) in [6.45, 7) is 4.39. The number of aryl methyl sites for hydroxylation is 1. The molecular formula is C20H21N3O2. The van der Waals surface area contributed by atoms with Crippen LogP contribution in [0.25, 0.3) is 0 Å². The molecule has 3 rings (SSSR count). The average Bonchev–Trinajstić information content (AvgIpc) is 2.59. The molecule has 0 bridgehead atoms. The molecule has 0 radical (unpaired) electrons. The van der Waals surface area contributed by atoms with Crippen LogP contribution in [0.15, 0.2) is 52.6 Å². The lowest BCUT2D eigenvalue weighted by molar-refractivity contribution is 0.379. The molecule has 1 aliphatic heterocycles. The fourth-order valence-electron chi connectivity index (χ4n) is 3.32. The van der Waals surface area contributed by atoms with E-state index in [2.05, 4.69) is 6.07 Å². The highest BCUT2D eigenvalue weighted by molar-refractivity contribution is 5.49. The minimum absolute atomic E-state index is 0.105. The second kappa shape index (κ2) is 6.86. The van der Waals surface area contributed by atoms with Crippen LogP contribution >= 0.6 is 0 Å². The van der Waals surface area contributed by atoms with Gasteiger partial charge in [-0.05, 0) is 18.9 Å². The Morgan fingerprint density at radius 2 is 2.04 bits per heavy atom. The molecule has 128 valence electrons. The van der Waals surface area contributed by atoms with Gasteiger partial charge in [0.2, 0.25) is 5.88 Å². The molecule has 1 aliphatic rings. The van der Waals surface area contributed by atoms with Gasteiger partial charge in [0.15, 0.2) is 0 Å². The SMILES string of the molecule is CCCC1C(C#N)=C(N)Oc2cc(C)n(Cc3ccccc3)c(=O)c21. The summed E-state index contributed by atoms with van der Waals surface area (Å²) in [7, 11) is 0. The minimum Gasteiger partial charge on any atom is -0.440 e. The van der Waals surface area contributed by atoms with Gasteiger partial charge in [-0.25, -0.2) is 0 Å². The number of benzene rings is 1. The molecule has 0 amide bonds. The molecule has 0 saturated heterocycles. The summed E-state index contributed by atoms with van der Waals surface area (Å²) in [4.78, 5) is 13.2. The Hall–Kier alpha value is -3.00. The first-order chi connectivity index (χ1) is 12.1. The summed E-state index contributed by atoms with van der Waals surface area (Å²) in [5, 5.41) is 9.46. The predicted octanol–water partition coefficient (Wildman–Crippen LogP) is 3.18. The van der Waals surface area contributed by atoms with Crippen molar-refractivity contribution in [3.8, 4) is 11.8 Å². The molecule has 0 saturated carbocycles. The van der Waals surface area contributed by atoms with Crippen LogP contribution < -0.4 is 16.0 Å². The number of allylic oxidation sites excluding steroid dienone is 1. The second-order valence-electron chi connectivity index (χ2n) is 6.27. The van der Waals surface area contributed by atoms with E-state index in [4.69, 9.17) is 10.5 Å². The molecule has 2 N–H and O–H groups in total. The molecule has 5 heteroatoms. The van der Waals surface area contributed by atoms with Crippen LogP contribution in [0.1, 0.15) is 42.5 Å². The fraction of sp³-hybridized carbons (Fsp3) is 0.300. The Morgan fingerprint density at radius 1 is 1.32 bits per heavy atom. The summed E-state index contributed by atoms with van der Waals surface area (Å²) >= 11 is 0. The smallest absolute Gasteiger partial charge is 0.258 e. The summed E-state index contributed by atoms with van der Waals surface area (Å²) < 4.78 is 7.33. The summed E-state index contributed by atoms with van der Waals surface area (Å²) in [5.41, 5.74) is 8.53. The van der Waals surface area contributed by atoms with E-state index in [1.165, 1.54) is 0 Å². The van der Waals surface area contributed by atoms with Crippen LogP contribution in [0.3, 0.4) is 0 Å². The zero-order valence-corrected chi connectivity index (χ0v) is 14.5. The van der Waals surface area contributed by atoms with E-state index >= 15 is 0 Å². The number of nitriles is 1. The molecule has 0 aliphatic carbocycles. The zero-order chi connectivity index (χ0) is 18.0. The monoisotopic (exact) mass is 335 g/mol. The lowest BCUT2D eigenvalue weighted by atomic mass is 9.86. The number of rotatable bonds is 4. The molecule has 2 heterocycles. The van der Waals surface area contributed by atoms with E-state index in [9.17, 15) is 10.1 Å². The number of nitrogens with zero attached hydrogens (tertiary/aromatic N) is 2. The number of hydrogen-bond donors (Lipinski definition) is 1. The molecule has 1 aromatic heterocycles. The van der Waals surface area contributed by atoms with Gasteiger partial charge in [-0.3, -0.25) is 4.79 Å². The first-order valence-corrected chi connectivity index (χ1v) is 8.42. The van der Waals surface area contributed by atoms with Crippen molar-refractivity contribution in [1.82, 2.24) is 4.57 Å². The molecule has 0 fully saturated rings. The van der Waals surface area contributed by atoms with E-state index in [1.807, 2.05) is 50.2 Å². The van der Waals surface area contributed by atoms with Crippen molar-refractivity contribution in [2.24, 2.45) is 5.73 Å². The van der Waals surface area contributed by atoms with Gasteiger partial charge in [0, 0.05) is 17.7 Å². The lowest BCUT2D eigenvalue weighted by Gasteiger charge is -2.26. The van der Waals surface area contributed by atoms with Gasteiger partial charge < -0.3 is 15.0 Å². The third-order valence-electron chi connectivity index (χ3n) is 4.57. The third-order valence-corrected chi connectivity index (χ3v) is 4.57. The fourth-order valence-corrected chi connectivity index (χ4v) is 3.32. The van der Waals surface area contributed by atoms with Crippen molar-refractivity contribution in [3.05, 3.63) is 75.0 Å². The van der Waals surface area contributed by atoms with Crippen molar-refractivity contribution >= 4 is 0 Å². The van der Waals surface area contributed by atoms with E-state index in [1.54, 1.807) is 4.57 Å². The van der Waals surface area contributed by atoms with Crippen molar-refractivity contribution in [3.63, 3.8) is 0 Å². The van der Waals surface area contributed by atoms with Crippen molar-refractivity contribution < 1.29 is 4.74 Å². The standard InChI is InChI=1S/C20H21N3O2/c1-3-7-15-16(11-21)19(22)25-17-10-13(2)23(20(24)18(15)17)12-14-8-5-4-6-9-14/h4-6,8-10,15H,3,7,12,22H2,1-2H3. The first kappa shape index (κ1) is 16.8. The quantitative estimate of drug-likeness (QED) is 0.930. The average molecular weight is 335 g/mol. The molecule has 25 heavy (non-hydrogen) atoms. The van der Waals surface area contributed by atoms with Gasteiger partial charge in [0.1, 0.15) is 11.8 Å². The number of ether oxygens (including phenoxy) is 1. The highest BCUT2D eigenvalue weighted by Gasteiger charge is 2.32. The summed E-state index contributed by atoms with van der Waals surface area (Å²) in [5.74, 6) is 0.267. The van der Waals surface area contributed by atoms with Gasteiger partial charge in [-0.1, -0.05) is 43.7 Å². The van der Waals surface area contributed by atoms with Gasteiger partial charge in [-0.2, -0.15) is 5.26 Å². The van der Waals surface area contributed by atoms with Crippen LogP contribution in [0.2, 0.25) is 0 Å². The topological polar surface area (TPSA) is 81.0 Å².